The van der Waals surface area contributed by atoms with Crippen molar-refractivity contribution in [3.8, 4) is 17.0 Å². The fourth-order valence-electron chi connectivity index (χ4n) is 5.69. The van der Waals surface area contributed by atoms with E-state index in [4.69, 9.17) is 15.6 Å². The maximum absolute atomic E-state index is 12.9. The molecule has 2 amide bonds. The third-order valence-electron chi connectivity index (χ3n) is 7.36. The number of piperidine rings is 1. The van der Waals surface area contributed by atoms with E-state index >= 15 is 0 Å². The lowest BCUT2D eigenvalue weighted by atomic mass is 10.0. The number of likely N-dealkylation sites (tertiary alicyclic amines) is 1. The molecule has 2 fully saturated rings. The predicted molar refractivity (Wildman–Crippen MR) is 141 cm³/mol. The number of amides is 2. The molecule has 192 valence electrons. The second-order valence-corrected chi connectivity index (χ2v) is 9.50. The number of hydrogen-bond acceptors (Lipinski definition) is 8. The third kappa shape index (κ3) is 3.83. The molecule has 3 aromatic heterocycles. The molecule has 3 atom stereocenters. The maximum Gasteiger partial charge on any atom is 0.256 e. The molecule has 3 N–H and O–H groups in total. The predicted octanol–water partition coefficient (Wildman–Crippen LogP) is 3.08. The average molecular weight is 511 g/mol. The van der Waals surface area contributed by atoms with Crippen molar-refractivity contribution in [3.05, 3.63) is 67.1 Å². The number of nitrogens with two attached hydrogens (primary N) is 1. The number of methoxy groups -OCH3 is 1. The fraction of sp³-hybridized carbons (Fsp3) is 0.259. The molecule has 1 aliphatic heterocycles. The molecule has 38 heavy (non-hydrogen) atoms. The molecule has 4 heterocycles. The minimum absolute atomic E-state index is 0.00259. The molecule has 1 aliphatic carbocycles. The van der Waals surface area contributed by atoms with Gasteiger partial charge in [-0.05, 0) is 55.2 Å². The van der Waals surface area contributed by atoms with Gasteiger partial charge in [0.2, 0.25) is 5.91 Å². The SMILES string of the molecule is C=CC(=O)N1C[C@@H]2CC1C(n1nc(-c3ccc(C(=O)Nc4ccccn4)cc3OC)c3c(N)ncnc31)C2. The van der Waals surface area contributed by atoms with E-state index in [2.05, 4.69) is 26.8 Å². The summed E-state index contributed by atoms with van der Waals surface area (Å²) < 4.78 is 7.56. The van der Waals surface area contributed by atoms with Crippen molar-refractivity contribution in [2.45, 2.75) is 24.9 Å². The van der Waals surface area contributed by atoms with E-state index in [1.54, 1.807) is 42.6 Å². The summed E-state index contributed by atoms with van der Waals surface area (Å²) in [6.07, 6.45) is 6.18. The van der Waals surface area contributed by atoms with Gasteiger partial charge < -0.3 is 20.7 Å². The number of pyridine rings is 1. The molecule has 1 saturated heterocycles. The minimum Gasteiger partial charge on any atom is -0.496 e. The van der Waals surface area contributed by atoms with Crippen LogP contribution >= 0.6 is 0 Å². The van der Waals surface area contributed by atoms with Gasteiger partial charge in [0.1, 0.15) is 29.4 Å². The quantitative estimate of drug-likeness (QED) is 0.377. The lowest BCUT2D eigenvalue weighted by molar-refractivity contribution is -0.128. The maximum atomic E-state index is 12.9. The zero-order valence-electron chi connectivity index (χ0n) is 20.7. The van der Waals surface area contributed by atoms with Crippen LogP contribution in [0.1, 0.15) is 29.2 Å². The van der Waals surface area contributed by atoms with E-state index in [1.807, 2.05) is 9.58 Å². The lowest BCUT2D eigenvalue weighted by Crippen LogP contribution is -2.42. The van der Waals surface area contributed by atoms with Crippen molar-refractivity contribution in [2.24, 2.45) is 5.92 Å². The van der Waals surface area contributed by atoms with Crippen molar-refractivity contribution in [3.63, 3.8) is 0 Å². The Bertz CT molecular complexity index is 1570. The largest absolute Gasteiger partial charge is 0.496 e. The van der Waals surface area contributed by atoms with Gasteiger partial charge in [-0.2, -0.15) is 5.10 Å². The van der Waals surface area contributed by atoms with E-state index < -0.39 is 0 Å². The molecule has 2 unspecified atom stereocenters. The number of carbonyl (C=O) groups excluding carboxylic acids is 2. The second-order valence-electron chi connectivity index (χ2n) is 9.50. The van der Waals surface area contributed by atoms with Crippen LogP contribution in [-0.4, -0.2) is 61.1 Å². The van der Waals surface area contributed by atoms with Crippen molar-refractivity contribution in [1.82, 2.24) is 29.6 Å². The summed E-state index contributed by atoms with van der Waals surface area (Å²) in [6, 6.07) is 10.4. The van der Waals surface area contributed by atoms with Crippen LogP contribution in [0.15, 0.2) is 61.6 Å². The van der Waals surface area contributed by atoms with Crippen LogP contribution in [0.25, 0.3) is 22.3 Å². The highest BCUT2D eigenvalue weighted by molar-refractivity contribution is 6.05. The Morgan fingerprint density at radius 2 is 2.00 bits per heavy atom. The first-order valence-corrected chi connectivity index (χ1v) is 12.3. The lowest BCUT2D eigenvalue weighted by Gasteiger charge is -2.32. The van der Waals surface area contributed by atoms with Crippen LogP contribution in [0.3, 0.4) is 0 Å². The molecule has 0 spiro atoms. The average Bonchev–Trinajstić information content (AvgIpc) is 3.66. The number of carbonyl (C=O) groups is 2. The molecule has 6 rings (SSSR count). The van der Waals surface area contributed by atoms with Gasteiger partial charge >= 0.3 is 0 Å². The Kier molecular flexibility index (Phi) is 5.74. The molecule has 0 radical (unpaired) electrons. The van der Waals surface area contributed by atoms with Gasteiger partial charge in [0.25, 0.3) is 5.91 Å². The Hall–Kier alpha value is -4.80. The van der Waals surface area contributed by atoms with E-state index in [0.29, 0.717) is 45.3 Å². The highest BCUT2D eigenvalue weighted by Crippen LogP contribution is 2.46. The van der Waals surface area contributed by atoms with Crippen LogP contribution in [0, 0.1) is 5.92 Å². The number of rotatable bonds is 6. The number of nitrogen functional groups attached to an aromatic ring is 1. The van der Waals surface area contributed by atoms with Crippen LogP contribution < -0.4 is 15.8 Å². The Morgan fingerprint density at radius 1 is 1.16 bits per heavy atom. The topological polar surface area (TPSA) is 141 Å². The Morgan fingerprint density at radius 3 is 2.74 bits per heavy atom. The third-order valence-corrected chi connectivity index (χ3v) is 7.36. The summed E-state index contributed by atoms with van der Waals surface area (Å²) in [5.41, 5.74) is 8.53. The number of ether oxygens (including phenoxy) is 1. The van der Waals surface area contributed by atoms with Gasteiger partial charge in [-0.3, -0.25) is 9.59 Å². The van der Waals surface area contributed by atoms with Crippen molar-refractivity contribution < 1.29 is 14.3 Å². The Labute approximate surface area is 218 Å². The summed E-state index contributed by atoms with van der Waals surface area (Å²) in [4.78, 5) is 40.1. The fourth-order valence-corrected chi connectivity index (χ4v) is 5.69. The normalized spacial score (nSPS) is 20.0. The minimum atomic E-state index is -0.319. The van der Waals surface area contributed by atoms with E-state index in [0.717, 1.165) is 19.4 Å². The number of nitrogens with zero attached hydrogens (tertiary/aromatic N) is 6. The smallest absolute Gasteiger partial charge is 0.256 e. The van der Waals surface area contributed by atoms with Crippen LogP contribution in [0.2, 0.25) is 0 Å². The van der Waals surface area contributed by atoms with Gasteiger partial charge in [0, 0.05) is 23.9 Å². The highest BCUT2D eigenvalue weighted by Gasteiger charge is 2.48. The van der Waals surface area contributed by atoms with Gasteiger partial charge in [-0.15, -0.1) is 0 Å². The highest BCUT2D eigenvalue weighted by atomic mass is 16.5. The number of benzene rings is 1. The molecule has 1 saturated carbocycles. The summed E-state index contributed by atoms with van der Waals surface area (Å²) in [6.45, 7) is 4.38. The molecule has 1 aromatic carbocycles. The molecule has 2 aliphatic rings. The molecule has 11 heteroatoms. The molecule has 2 bridgehead atoms. The molecule has 4 aromatic rings. The molecular weight excluding hydrogens is 484 g/mol. The Balaban J connectivity index is 1.41. The summed E-state index contributed by atoms with van der Waals surface area (Å²) in [7, 11) is 1.53. The standard InChI is InChI=1S/C27H26N8O3/c1-3-22(36)34-13-15-10-18(34)19(11-15)35-26-23(25(28)30-14-31-26)24(33-35)17-8-7-16(12-20(17)38-2)27(37)32-21-6-4-5-9-29-21/h3-9,12,14-15,18-19H,1,10-11,13H2,2H3,(H2,28,30,31)(H,29,32,37)/t15-,18?,19?/m1/s1. The van der Waals surface area contributed by atoms with E-state index in [-0.39, 0.29) is 29.7 Å². The van der Waals surface area contributed by atoms with Gasteiger partial charge in [-0.1, -0.05) is 12.6 Å². The van der Waals surface area contributed by atoms with E-state index in [1.165, 1.54) is 19.5 Å². The zero-order valence-corrected chi connectivity index (χ0v) is 20.7. The van der Waals surface area contributed by atoms with Crippen LogP contribution in [-0.2, 0) is 4.79 Å². The van der Waals surface area contributed by atoms with Crippen molar-refractivity contribution >= 4 is 34.5 Å². The van der Waals surface area contributed by atoms with Crippen molar-refractivity contribution in [2.75, 3.05) is 24.7 Å². The molecular formula is C27H26N8O3. The van der Waals surface area contributed by atoms with Crippen molar-refractivity contribution in [1.29, 1.82) is 0 Å². The molecule has 11 nitrogen and oxygen atoms in total. The van der Waals surface area contributed by atoms with Gasteiger partial charge in [0.15, 0.2) is 5.65 Å². The van der Waals surface area contributed by atoms with Crippen LogP contribution in [0.5, 0.6) is 5.75 Å². The monoisotopic (exact) mass is 510 g/mol. The van der Waals surface area contributed by atoms with Crippen LogP contribution in [0.4, 0.5) is 11.6 Å². The summed E-state index contributed by atoms with van der Waals surface area (Å²) in [5, 5.41) is 8.35. The first-order valence-electron chi connectivity index (χ1n) is 12.3. The first-order chi connectivity index (χ1) is 18.5. The van der Waals surface area contributed by atoms with Gasteiger partial charge in [0.05, 0.1) is 24.6 Å². The number of anilines is 2. The van der Waals surface area contributed by atoms with Gasteiger partial charge in [-0.25, -0.2) is 19.6 Å². The number of nitrogens with one attached hydrogen (secondary N) is 1. The number of fused-ring (bicyclic) bond motifs is 3. The summed E-state index contributed by atoms with van der Waals surface area (Å²) in [5.74, 6) is 1.18. The first kappa shape index (κ1) is 23.6. The number of aromatic nitrogens is 5. The zero-order chi connectivity index (χ0) is 26.4. The second kappa shape index (κ2) is 9.25. The summed E-state index contributed by atoms with van der Waals surface area (Å²) >= 11 is 0. The number of hydrogen-bond donors (Lipinski definition) is 2. The van der Waals surface area contributed by atoms with E-state index in [9.17, 15) is 9.59 Å².